The van der Waals surface area contributed by atoms with Crippen molar-refractivity contribution in [2.24, 2.45) is 7.05 Å². The van der Waals surface area contributed by atoms with E-state index in [2.05, 4.69) is 30.3 Å². The lowest BCUT2D eigenvalue weighted by Crippen LogP contribution is -1.87. The van der Waals surface area contributed by atoms with Gasteiger partial charge in [-0.05, 0) is 22.9 Å². The third-order valence-electron chi connectivity index (χ3n) is 2.96. The number of hydrogen-bond donors (Lipinski definition) is 0. The third kappa shape index (κ3) is 1.12. The van der Waals surface area contributed by atoms with Crippen molar-refractivity contribution in [2.75, 3.05) is 0 Å². The summed E-state index contributed by atoms with van der Waals surface area (Å²) < 4.78 is 1.88. The molecule has 0 aliphatic carbocycles. The predicted octanol–water partition coefficient (Wildman–Crippen LogP) is 3.20. The molecular weight excluding hydrogens is 196 g/mol. The van der Waals surface area contributed by atoms with Crippen LogP contribution in [0.3, 0.4) is 0 Å². The Labute approximate surface area is 93.3 Å². The standard InChI is InChI=1S/C14H10N2/c1-16-9-12-6-10-4-2-3-5-11(10)7-13(12)14(16)8-15/h2-7,9H,1H3. The molecule has 16 heavy (non-hydrogen) atoms. The van der Waals surface area contributed by atoms with Crippen molar-refractivity contribution in [2.45, 2.75) is 0 Å². The quantitative estimate of drug-likeness (QED) is 0.555. The molecule has 0 fully saturated rings. The highest BCUT2D eigenvalue weighted by atomic mass is 14.9. The highest BCUT2D eigenvalue weighted by Crippen LogP contribution is 2.26. The smallest absolute Gasteiger partial charge is 0.127 e. The van der Waals surface area contributed by atoms with Crippen LogP contribution in [-0.4, -0.2) is 4.57 Å². The summed E-state index contributed by atoms with van der Waals surface area (Å²) >= 11 is 0. The molecule has 2 nitrogen and oxygen atoms in total. The zero-order valence-electron chi connectivity index (χ0n) is 8.94. The van der Waals surface area contributed by atoms with Crippen LogP contribution in [0.25, 0.3) is 21.5 Å². The van der Waals surface area contributed by atoms with E-state index in [-0.39, 0.29) is 0 Å². The number of nitrogens with zero attached hydrogens (tertiary/aromatic N) is 2. The van der Waals surface area contributed by atoms with E-state index in [1.807, 2.05) is 29.9 Å². The molecule has 2 heteroatoms. The van der Waals surface area contributed by atoms with Crippen LogP contribution in [0.4, 0.5) is 0 Å². The summed E-state index contributed by atoms with van der Waals surface area (Å²) in [4.78, 5) is 0. The molecule has 2 aromatic carbocycles. The first-order valence-electron chi connectivity index (χ1n) is 5.17. The van der Waals surface area contributed by atoms with Gasteiger partial charge in [0.25, 0.3) is 0 Å². The maximum Gasteiger partial charge on any atom is 0.127 e. The van der Waals surface area contributed by atoms with Crippen molar-refractivity contribution in [3.8, 4) is 6.07 Å². The number of rotatable bonds is 0. The Morgan fingerprint density at radius 2 is 1.75 bits per heavy atom. The number of hydrogen-bond acceptors (Lipinski definition) is 1. The van der Waals surface area contributed by atoms with Crippen molar-refractivity contribution in [3.05, 3.63) is 48.3 Å². The normalized spacial score (nSPS) is 10.8. The lowest BCUT2D eigenvalue weighted by molar-refractivity contribution is 0.914. The van der Waals surface area contributed by atoms with Gasteiger partial charge in [0.2, 0.25) is 0 Å². The number of nitriles is 1. The number of fused-ring (bicyclic) bond motifs is 2. The first-order valence-corrected chi connectivity index (χ1v) is 5.17. The van der Waals surface area contributed by atoms with Gasteiger partial charge in [0, 0.05) is 24.0 Å². The summed E-state index contributed by atoms with van der Waals surface area (Å²) in [5.41, 5.74) is 0.723. The van der Waals surface area contributed by atoms with E-state index in [1.54, 1.807) is 0 Å². The average Bonchev–Trinajstić information content (AvgIpc) is 2.60. The highest BCUT2D eigenvalue weighted by molar-refractivity contribution is 6.00. The van der Waals surface area contributed by atoms with Crippen LogP contribution >= 0.6 is 0 Å². The van der Waals surface area contributed by atoms with Gasteiger partial charge in [0.1, 0.15) is 11.8 Å². The summed E-state index contributed by atoms with van der Waals surface area (Å²) in [7, 11) is 1.91. The Morgan fingerprint density at radius 1 is 1.06 bits per heavy atom. The maximum absolute atomic E-state index is 9.11. The van der Waals surface area contributed by atoms with Crippen molar-refractivity contribution >= 4 is 21.5 Å². The minimum atomic E-state index is 0.723. The van der Waals surface area contributed by atoms with Gasteiger partial charge < -0.3 is 4.57 Å². The molecule has 0 atom stereocenters. The molecule has 1 heterocycles. The highest BCUT2D eigenvalue weighted by Gasteiger charge is 2.07. The van der Waals surface area contributed by atoms with Gasteiger partial charge in [-0.3, -0.25) is 0 Å². The molecule has 1 aromatic heterocycles. The van der Waals surface area contributed by atoms with Crippen molar-refractivity contribution in [3.63, 3.8) is 0 Å². The molecule has 0 unspecified atom stereocenters. The van der Waals surface area contributed by atoms with E-state index in [9.17, 15) is 0 Å². The molecule has 3 rings (SSSR count). The molecule has 0 bridgehead atoms. The van der Waals surface area contributed by atoms with Gasteiger partial charge in [0.15, 0.2) is 0 Å². The Hall–Kier alpha value is -2.27. The average molecular weight is 206 g/mol. The lowest BCUT2D eigenvalue weighted by Gasteiger charge is -1.97. The second kappa shape index (κ2) is 3.11. The minimum absolute atomic E-state index is 0.723. The molecule has 0 aliphatic heterocycles. The SMILES string of the molecule is Cn1cc2cc3ccccc3cc2c1C#N. The van der Waals surface area contributed by atoms with E-state index in [0.29, 0.717) is 0 Å². The summed E-state index contributed by atoms with van der Waals surface area (Å²) in [6.07, 6.45) is 2.00. The number of aryl methyl sites for hydroxylation is 1. The molecule has 76 valence electrons. The first-order chi connectivity index (χ1) is 7.79. The molecule has 0 radical (unpaired) electrons. The Morgan fingerprint density at radius 3 is 2.44 bits per heavy atom. The van der Waals surface area contributed by atoms with Gasteiger partial charge in [-0.2, -0.15) is 5.26 Å². The largest absolute Gasteiger partial charge is 0.341 e. The van der Waals surface area contributed by atoms with Gasteiger partial charge >= 0.3 is 0 Å². The Bertz CT molecular complexity index is 729. The molecule has 0 aliphatic rings. The zero-order chi connectivity index (χ0) is 11.1. The minimum Gasteiger partial charge on any atom is -0.341 e. The van der Waals surface area contributed by atoms with E-state index in [4.69, 9.17) is 5.26 Å². The van der Waals surface area contributed by atoms with Gasteiger partial charge in [0.05, 0.1) is 0 Å². The fraction of sp³-hybridized carbons (Fsp3) is 0.0714. The molecule has 3 aromatic rings. The molecule has 0 amide bonds. The zero-order valence-corrected chi connectivity index (χ0v) is 8.94. The van der Waals surface area contributed by atoms with E-state index in [1.165, 1.54) is 10.8 Å². The predicted molar refractivity (Wildman–Crippen MR) is 65.1 cm³/mol. The van der Waals surface area contributed by atoms with Crippen molar-refractivity contribution in [1.29, 1.82) is 5.26 Å². The fourth-order valence-corrected chi connectivity index (χ4v) is 2.17. The fourth-order valence-electron chi connectivity index (χ4n) is 2.17. The van der Waals surface area contributed by atoms with E-state index in [0.717, 1.165) is 16.5 Å². The van der Waals surface area contributed by atoms with Gasteiger partial charge in [-0.1, -0.05) is 24.3 Å². The second-order valence-electron chi connectivity index (χ2n) is 3.99. The van der Waals surface area contributed by atoms with Crippen LogP contribution in [0.1, 0.15) is 5.69 Å². The van der Waals surface area contributed by atoms with Crippen molar-refractivity contribution in [1.82, 2.24) is 4.57 Å². The first kappa shape index (κ1) is 8.99. The second-order valence-corrected chi connectivity index (χ2v) is 3.99. The van der Waals surface area contributed by atoms with Crippen LogP contribution in [-0.2, 0) is 7.05 Å². The number of benzene rings is 2. The number of aromatic nitrogens is 1. The molecular formula is C14H10N2. The third-order valence-corrected chi connectivity index (χ3v) is 2.96. The van der Waals surface area contributed by atoms with Gasteiger partial charge in [-0.25, -0.2) is 0 Å². The Kier molecular flexibility index (Phi) is 1.75. The summed E-state index contributed by atoms with van der Waals surface area (Å²) in [5.74, 6) is 0. The van der Waals surface area contributed by atoms with E-state index >= 15 is 0 Å². The van der Waals surface area contributed by atoms with Gasteiger partial charge in [-0.15, -0.1) is 0 Å². The topological polar surface area (TPSA) is 28.7 Å². The van der Waals surface area contributed by atoms with Crippen LogP contribution in [0.5, 0.6) is 0 Å². The summed E-state index contributed by atoms with van der Waals surface area (Å²) in [5, 5.41) is 13.7. The van der Waals surface area contributed by atoms with E-state index < -0.39 is 0 Å². The molecule has 0 saturated heterocycles. The monoisotopic (exact) mass is 206 g/mol. The van der Waals surface area contributed by atoms with Crippen LogP contribution in [0.2, 0.25) is 0 Å². The van der Waals surface area contributed by atoms with Crippen LogP contribution in [0, 0.1) is 11.3 Å². The van der Waals surface area contributed by atoms with Crippen LogP contribution in [0.15, 0.2) is 42.6 Å². The summed E-state index contributed by atoms with van der Waals surface area (Å²) in [6, 6.07) is 14.7. The van der Waals surface area contributed by atoms with Crippen molar-refractivity contribution < 1.29 is 0 Å². The van der Waals surface area contributed by atoms with Crippen LogP contribution < -0.4 is 0 Å². The molecule has 0 saturated carbocycles. The Balaban J connectivity index is 2.53. The molecule has 0 N–H and O–H groups in total. The lowest BCUT2D eigenvalue weighted by atomic mass is 10.1. The maximum atomic E-state index is 9.11. The summed E-state index contributed by atoms with van der Waals surface area (Å²) in [6.45, 7) is 0. The molecule has 0 spiro atoms.